The van der Waals surface area contributed by atoms with Crippen LogP contribution in [0.15, 0.2) is 24.5 Å². The SMILES string of the molecule is COc1cc(N2CCC(N3CCC4(CCN(C(=O)O)CC4)CC3)CC2)c(-c2cnn(C)c2)cc1[N+](=O)[O-]. The summed E-state index contributed by atoms with van der Waals surface area (Å²) in [7, 11) is 3.31. The van der Waals surface area contributed by atoms with Crippen LogP contribution in [-0.2, 0) is 7.05 Å². The number of methoxy groups -OCH3 is 1. The fourth-order valence-corrected chi connectivity index (χ4v) is 6.42. The second-order valence-electron chi connectivity index (χ2n) is 10.7. The average Bonchev–Trinajstić information content (AvgIpc) is 3.34. The predicted molar refractivity (Wildman–Crippen MR) is 139 cm³/mol. The molecule has 200 valence electrons. The standard InChI is InChI=1S/C26H36N6O5/c1-28-18-19(17-27-28)21-15-23(32(35)36)24(37-2)16-22(21)30-9-3-20(4-10-30)29-11-5-26(6-12-29)7-13-31(14-8-26)25(33)34/h15-18,20H,3-14H2,1-2H3,(H,33,34). The van der Waals surface area contributed by atoms with Gasteiger partial charge < -0.3 is 24.5 Å². The summed E-state index contributed by atoms with van der Waals surface area (Å²) in [5, 5.41) is 25.2. The molecule has 0 aliphatic carbocycles. The van der Waals surface area contributed by atoms with Gasteiger partial charge >= 0.3 is 11.8 Å². The summed E-state index contributed by atoms with van der Waals surface area (Å²) in [5.41, 5.74) is 2.84. The number of nitrogens with zero attached hydrogens (tertiary/aromatic N) is 6. The van der Waals surface area contributed by atoms with E-state index in [-0.39, 0.29) is 11.4 Å². The van der Waals surface area contributed by atoms with E-state index >= 15 is 0 Å². The summed E-state index contributed by atoms with van der Waals surface area (Å²) >= 11 is 0. The number of hydrogen-bond acceptors (Lipinski definition) is 7. The Bertz CT molecular complexity index is 1140. The van der Waals surface area contributed by atoms with Gasteiger partial charge in [-0.05, 0) is 57.0 Å². The summed E-state index contributed by atoms with van der Waals surface area (Å²) in [4.78, 5) is 29.1. The number of anilines is 1. The van der Waals surface area contributed by atoms with Gasteiger partial charge in [-0.2, -0.15) is 5.10 Å². The number of benzene rings is 1. The Kier molecular flexibility index (Phi) is 6.98. The number of rotatable bonds is 5. The number of carbonyl (C=O) groups is 1. The summed E-state index contributed by atoms with van der Waals surface area (Å²) in [6, 6.07) is 3.93. The van der Waals surface area contributed by atoms with Crippen LogP contribution in [-0.4, -0.2) is 88.1 Å². The molecule has 1 aromatic carbocycles. The molecule has 0 saturated carbocycles. The molecule has 3 fully saturated rings. The van der Waals surface area contributed by atoms with E-state index in [0.717, 1.165) is 81.5 Å². The van der Waals surface area contributed by atoms with Crippen molar-refractivity contribution in [2.24, 2.45) is 12.5 Å². The first kappa shape index (κ1) is 25.3. The zero-order chi connectivity index (χ0) is 26.2. The summed E-state index contributed by atoms with van der Waals surface area (Å²) in [6.45, 7) is 5.20. The lowest BCUT2D eigenvalue weighted by Crippen LogP contribution is -2.52. The van der Waals surface area contributed by atoms with Gasteiger partial charge in [0.05, 0.1) is 18.2 Å². The molecule has 11 heteroatoms. The molecule has 0 radical (unpaired) electrons. The third-order valence-corrected chi connectivity index (χ3v) is 8.78. The highest BCUT2D eigenvalue weighted by Crippen LogP contribution is 2.44. The fraction of sp³-hybridized carbons (Fsp3) is 0.615. The molecule has 1 N–H and O–H groups in total. The van der Waals surface area contributed by atoms with Crippen molar-refractivity contribution in [2.75, 3.05) is 51.3 Å². The average molecular weight is 513 g/mol. The van der Waals surface area contributed by atoms with Crippen LogP contribution in [0.3, 0.4) is 0 Å². The minimum atomic E-state index is -0.795. The van der Waals surface area contributed by atoms with Crippen LogP contribution in [0.5, 0.6) is 5.75 Å². The van der Waals surface area contributed by atoms with Crippen LogP contribution < -0.4 is 9.64 Å². The first-order valence-corrected chi connectivity index (χ1v) is 13.1. The molecule has 11 nitrogen and oxygen atoms in total. The highest BCUT2D eigenvalue weighted by Gasteiger charge is 2.40. The molecule has 3 aliphatic rings. The minimum absolute atomic E-state index is 0.0450. The van der Waals surface area contributed by atoms with E-state index in [1.165, 1.54) is 7.11 Å². The van der Waals surface area contributed by atoms with E-state index in [0.29, 0.717) is 24.5 Å². The third kappa shape index (κ3) is 5.09. The predicted octanol–water partition coefficient (Wildman–Crippen LogP) is 3.83. The van der Waals surface area contributed by atoms with Crippen LogP contribution in [0.2, 0.25) is 0 Å². The quantitative estimate of drug-likeness (QED) is 0.475. The Morgan fingerprint density at radius 2 is 1.76 bits per heavy atom. The van der Waals surface area contributed by atoms with Gasteiger partial charge in [0.25, 0.3) is 0 Å². The van der Waals surface area contributed by atoms with E-state index < -0.39 is 11.0 Å². The van der Waals surface area contributed by atoms with Gasteiger partial charge in [0.1, 0.15) is 0 Å². The highest BCUT2D eigenvalue weighted by atomic mass is 16.6. The molecule has 5 rings (SSSR count). The minimum Gasteiger partial charge on any atom is -0.490 e. The highest BCUT2D eigenvalue weighted by molar-refractivity contribution is 5.82. The number of ether oxygens (including phenoxy) is 1. The normalized spacial score (nSPS) is 20.8. The van der Waals surface area contributed by atoms with Crippen LogP contribution in [0, 0.1) is 15.5 Å². The molecule has 4 heterocycles. The van der Waals surface area contributed by atoms with Gasteiger partial charge in [-0.1, -0.05) is 0 Å². The number of amides is 1. The molecule has 0 atom stereocenters. The summed E-state index contributed by atoms with van der Waals surface area (Å²) < 4.78 is 7.10. The van der Waals surface area contributed by atoms with E-state index in [2.05, 4.69) is 14.9 Å². The largest absolute Gasteiger partial charge is 0.490 e. The zero-order valence-electron chi connectivity index (χ0n) is 21.6. The lowest BCUT2D eigenvalue weighted by molar-refractivity contribution is -0.385. The van der Waals surface area contributed by atoms with Crippen LogP contribution in [0.4, 0.5) is 16.2 Å². The number of nitro groups is 1. The number of carboxylic acid groups (broad SMARTS) is 1. The number of piperidine rings is 3. The molecule has 0 unspecified atom stereocenters. The van der Waals surface area contributed by atoms with Crippen molar-refractivity contribution in [2.45, 2.75) is 44.6 Å². The third-order valence-electron chi connectivity index (χ3n) is 8.78. The number of aryl methyl sites for hydroxylation is 1. The second-order valence-corrected chi connectivity index (χ2v) is 10.7. The van der Waals surface area contributed by atoms with Crippen LogP contribution in [0.1, 0.15) is 38.5 Å². The number of nitro benzene ring substituents is 1. The summed E-state index contributed by atoms with van der Waals surface area (Å²) in [5.74, 6) is 0.269. The van der Waals surface area contributed by atoms with Crippen molar-refractivity contribution in [3.05, 3.63) is 34.6 Å². The van der Waals surface area contributed by atoms with Gasteiger partial charge in [-0.3, -0.25) is 14.8 Å². The van der Waals surface area contributed by atoms with Crippen molar-refractivity contribution in [1.29, 1.82) is 0 Å². The Morgan fingerprint density at radius 1 is 1.11 bits per heavy atom. The number of hydrogen-bond donors (Lipinski definition) is 1. The van der Waals surface area contributed by atoms with E-state index in [4.69, 9.17) is 4.74 Å². The fourth-order valence-electron chi connectivity index (χ4n) is 6.42. The van der Waals surface area contributed by atoms with Crippen molar-refractivity contribution < 1.29 is 19.6 Å². The second kappa shape index (κ2) is 10.2. The molecular formula is C26H36N6O5. The van der Waals surface area contributed by atoms with Gasteiger partial charge in [-0.15, -0.1) is 0 Å². The molecule has 0 bridgehead atoms. The van der Waals surface area contributed by atoms with E-state index in [1.807, 2.05) is 13.2 Å². The molecule has 1 amide bonds. The Morgan fingerprint density at radius 3 is 2.30 bits per heavy atom. The van der Waals surface area contributed by atoms with Gasteiger partial charge in [0.2, 0.25) is 0 Å². The Labute approximate surface area is 216 Å². The molecule has 1 spiro atoms. The maximum absolute atomic E-state index is 11.7. The van der Waals surface area contributed by atoms with E-state index in [1.54, 1.807) is 27.9 Å². The van der Waals surface area contributed by atoms with Gasteiger partial charge in [0.15, 0.2) is 5.75 Å². The summed E-state index contributed by atoms with van der Waals surface area (Å²) in [6.07, 6.45) is 9.14. The van der Waals surface area contributed by atoms with Gasteiger partial charge in [0, 0.05) is 74.4 Å². The molecule has 3 saturated heterocycles. The topological polar surface area (TPSA) is 117 Å². The Balaban J connectivity index is 1.25. The molecule has 1 aromatic heterocycles. The maximum atomic E-state index is 11.7. The first-order valence-electron chi connectivity index (χ1n) is 13.1. The molecular weight excluding hydrogens is 476 g/mol. The van der Waals surface area contributed by atoms with Gasteiger partial charge in [-0.25, -0.2) is 4.79 Å². The molecule has 2 aromatic rings. The van der Waals surface area contributed by atoms with Crippen molar-refractivity contribution in [3.63, 3.8) is 0 Å². The first-order chi connectivity index (χ1) is 17.8. The lowest BCUT2D eigenvalue weighted by Gasteiger charge is -2.49. The smallest absolute Gasteiger partial charge is 0.407 e. The van der Waals surface area contributed by atoms with Crippen LogP contribution in [0.25, 0.3) is 11.1 Å². The molecule has 37 heavy (non-hydrogen) atoms. The lowest BCUT2D eigenvalue weighted by atomic mass is 9.71. The van der Waals surface area contributed by atoms with Crippen molar-refractivity contribution in [1.82, 2.24) is 19.6 Å². The maximum Gasteiger partial charge on any atom is 0.407 e. The van der Waals surface area contributed by atoms with Crippen molar-refractivity contribution >= 4 is 17.5 Å². The van der Waals surface area contributed by atoms with Crippen molar-refractivity contribution in [3.8, 4) is 16.9 Å². The van der Waals surface area contributed by atoms with E-state index in [9.17, 15) is 20.0 Å². The number of aromatic nitrogens is 2. The molecule has 3 aliphatic heterocycles. The monoisotopic (exact) mass is 512 g/mol. The van der Waals surface area contributed by atoms with Crippen LogP contribution >= 0.6 is 0 Å². The zero-order valence-corrected chi connectivity index (χ0v) is 21.6. The Hall–Kier alpha value is -3.34. The number of likely N-dealkylation sites (tertiary alicyclic amines) is 2.